The number of hydrogen-bond acceptors (Lipinski definition) is 4. The minimum atomic E-state index is 0.519. The van der Waals surface area contributed by atoms with Crippen LogP contribution in [0.25, 0.3) is 0 Å². The summed E-state index contributed by atoms with van der Waals surface area (Å²) < 4.78 is 0. The van der Waals surface area contributed by atoms with Crippen molar-refractivity contribution in [2.75, 3.05) is 31.1 Å². The lowest BCUT2D eigenvalue weighted by Gasteiger charge is -2.30. The van der Waals surface area contributed by atoms with E-state index < -0.39 is 0 Å². The van der Waals surface area contributed by atoms with Gasteiger partial charge in [0, 0.05) is 32.7 Å². The van der Waals surface area contributed by atoms with Crippen LogP contribution in [0.5, 0.6) is 0 Å². The maximum absolute atomic E-state index is 9.09. The Labute approximate surface area is 95.7 Å². The summed E-state index contributed by atoms with van der Waals surface area (Å²) in [5, 5.41) is 12.4. The van der Waals surface area contributed by atoms with Gasteiger partial charge in [-0.15, -0.1) is 0 Å². The summed E-state index contributed by atoms with van der Waals surface area (Å²) in [6.07, 6.45) is 0. The molecule has 4 nitrogen and oxygen atoms in total. The van der Waals surface area contributed by atoms with Crippen molar-refractivity contribution < 1.29 is 0 Å². The maximum Gasteiger partial charge on any atom is 0.101 e. The smallest absolute Gasteiger partial charge is 0.101 e. The molecule has 1 aromatic rings. The lowest BCUT2D eigenvalue weighted by molar-refractivity contribution is 0.589. The minimum Gasteiger partial charge on any atom is -0.368 e. The van der Waals surface area contributed by atoms with Crippen LogP contribution in [-0.4, -0.2) is 26.2 Å². The number of nitrogens with one attached hydrogen (secondary N) is 1. The SMILES string of the molecule is N#Cc1ccc(CN)cc1N1CCNCC1. The lowest BCUT2D eigenvalue weighted by Crippen LogP contribution is -2.43. The molecule has 3 N–H and O–H groups in total. The largest absolute Gasteiger partial charge is 0.368 e. The Morgan fingerprint density at radius 3 is 2.75 bits per heavy atom. The Kier molecular flexibility index (Phi) is 3.40. The summed E-state index contributed by atoms with van der Waals surface area (Å²) >= 11 is 0. The summed E-state index contributed by atoms with van der Waals surface area (Å²) in [4.78, 5) is 2.24. The molecular weight excluding hydrogens is 200 g/mol. The van der Waals surface area contributed by atoms with E-state index in [0.29, 0.717) is 6.54 Å². The molecule has 1 aliphatic heterocycles. The van der Waals surface area contributed by atoms with E-state index in [9.17, 15) is 0 Å². The van der Waals surface area contributed by atoms with Crippen LogP contribution in [0.4, 0.5) is 5.69 Å². The van der Waals surface area contributed by atoms with Gasteiger partial charge in [0.1, 0.15) is 6.07 Å². The first-order valence-corrected chi connectivity index (χ1v) is 5.54. The fraction of sp³-hybridized carbons (Fsp3) is 0.417. The average Bonchev–Trinajstić information content (AvgIpc) is 2.39. The van der Waals surface area contributed by atoms with E-state index >= 15 is 0 Å². The van der Waals surface area contributed by atoms with Gasteiger partial charge < -0.3 is 16.0 Å². The molecule has 0 spiro atoms. The lowest BCUT2D eigenvalue weighted by atomic mass is 10.1. The summed E-state index contributed by atoms with van der Waals surface area (Å²) in [6.45, 7) is 4.35. The summed E-state index contributed by atoms with van der Waals surface area (Å²) in [5.74, 6) is 0. The van der Waals surface area contributed by atoms with E-state index in [0.717, 1.165) is 43.0 Å². The molecule has 0 bridgehead atoms. The predicted octanol–water partition coefficient (Wildman–Crippen LogP) is 0.427. The number of benzene rings is 1. The molecule has 0 radical (unpaired) electrons. The standard InChI is InChI=1S/C12H16N4/c13-8-10-1-2-11(9-14)12(7-10)16-5-3-15-4-6-16/h1-2,7,15H,3-6,8,13H2. The number of nitriles is 1. The van der Waals surface area contributed by atoms with Crippen LogP contribution >= 0.6 is 0 Å². The molecule has 16 heavy (non-hydrogen) atoms. The fourth-order valence-electron chi connectivity index (χ4n) is 1.97. The highest BCUT2D eigenvalue weighted by Crippen LogP contribution is 2.22. The van der Waals surface area contributed by atoms with Crippen molar-refractivity contribution in [3.05, 3.63) is 29.3 Å². The fourth-order valence-corrected chi connectivity index (χ4v) is 1.97. The molecule has 0 aromatic heterocycles. The Hall–Kier alpha value is -1.57. The molecule has 1 aromatic carbocycles. The molecule has 0 atom stereocenters. The van der Waals surface area contributed by atoms with Crippen molar-refractivity contribution in [2.45, 2.75) is 6.54 Å². The first kappa shape index (κ1) is 10.9. The monoisotopic (exact) mass is 216 g/mol. The molecule has 2 rings (SSSR count). The van der Waals surface area contributed by atoms with Crippen LogP contribution in [0.1, 0.15) is 11.1 Å². The van der Waals surface area contributed by atoms with Crippen LogP contribution in [0.2, 0.25) is 0 Å². The molecule has 0 aliphatic carbocycles. The van der Waals surface area contributed by atoms with Gasteiger partial charge >= 0.3 is 0 Å². The third kappa shape index (κ3) is 2.16. The van der Waals surface area contributed by atoms with Crippen molar-refractivity contribution in [1.29, 1.82) is 5.26 Å². The first-order chi connectivity index (χ1) is 7.85. The van der Waals surface area contributed by atoms with E-state index in [2.05, 4.69) is 16.3 Å². The third-order valence-electron chi connectivity index (χ3n) is 2.88. The van der Waals surface area contributed by atoms with E-state index in [-0.39, 0.29) is 0 Å². The predicted molar refractivity (Wildman–Crippen MR) is 64.1 cm³/mol. The Morgan fingerprint density at radius 2 is 2.12 bits per heavy atom. The van der Waals surface area contributed by atoms with Gasteiger partial charge in [0.15, 0.2) is 0 Å². The van der Waals surface area contributed by atoms with Gasteiger partial charge in [-0.3, -0.25) is 0 Å². The van der Waals surface area contributed by atoms with Crippen LogP contribution in [0, 0.1) is 11.3 Å². The van der Waals surface area contributed by atoms with Gasteiger partial charge in [0.05, 0.1) is 11.3 Å². The van der Waals surface area contributed by atoms with Gasteiger partial charge in [0.25, 0.3) is 0 Å². The molecule has 84 valence electrons. The quantitative estimate of drug-likeness (QED) is 0.752. The van der Waals surface area contributed by atoms with Gasteiger partial charge in [-0.2, -0.15) is 5.26 Å². The number of piperazine rings is 1. The number of nitrogens with two attached hydrogens (primary N) is 1. The first-order valence-electron chi connectivity index (χ1n) is 5.54. The van der Waals surface area contributed by atoms with Crippen molar-refractivity contribution in [2.24, 2.45) is 5.73 Å². The van der Waals surface area contributed by atoms with Gasteiger partial charge in [0.2, 0.25) is 0 Å². The third-order valence-corrected chi connectivity index (χ3v) is 2.88. The highest BCUT2D eigenvalue weighted by Gasteiger charge is 2.14. The van der Waals surface area contributed by atoms with Gasteiger partial charge in [-0.25, -0.2) is 0 Å². The maximum atomic E-state index is 9.09. The van der Waals surface area contributed by atoms with Crippen molar-refractivity contribution in [1.82, 2.24) is 5.32 Å². The summed E-state index contributed by atoms with van der Waals surface area (Å²) in [7, 11) is 0. The van der Waals surface area contributed by atoms with Gasteiger partial charge in [-0.1, -0.05) is 6.07 Å². The second-order valence-corrected chi connectivity index (χ2v) is 3.90. The van der Waals surface area contributed by atoms with E-state index in [1.807, 2.05) is 18.2 Å². The van der Waals surface area contributed by atoms with Crippen molar-refractivity contribution in [3.63, 3.8) is 0 Å². The van der Waals surface area contributed by atoms with E-state index in [4.69, 9.17) is 11.0 Å². The van der Waals surface area contributed by atoms with Crippen LogP contribution in [0.15, 0.2) is 18.2 Å². The highest BCUT2D eigenvalue weighted by atomic mass is 15.2. The van der Waals surface area contributed by atoms with Crippen molar-refractivity contribution in [3.8, 4) is 6.07 Å². The molecule has 0 unspecified atom stereocenters. The zero-order valence-corrected chi connectivity index (χ0v) is 9.24. The minimum absolute atomic E-state index is 0.519. The summed E-state index contributed by atoms with van der Waals surface area (Å²) in [6, 6.07) is 8.05. The van der Waals surface area contributed by atoms with E-state index in [1.165, 1.54) is 0 Å². The molecule has 0 saturated carbocycles. The second-order valence-electron chi connectivity index (χ2n) is 3.90. The topological polar surface area (TPSA) is 65.1 Å². The molecular formula is C12H16N4. The van der Waals surface area contributed by atoms with Crippen molar-refractivity contribution >= 4 is 5.69 Å². The Morgan fingerprint density at radius 1 is 1.38 bits per heavy atom. The molecule has 1 aliphatic rings. The Balaban J connectivity index is 2.32. The Bertz CT molecular complexity index is 402. The molecule has 4 heteroatoms. The zero-order valence-electron chi connectivity index (χ0n) is 9.24. The number of anilines is 1. The van der Waals surface area contributed by atoms with Crippen LogP contribution in [-0.2, 0) is 6.54 Å². The van der Waals surface area contributed by atoms with Gasteiger partial charge in [-0.05, 0) is 17.7 Å². The normalized spacial score (nSPS) is 15.9. The summed E-state index contributed by atoms with van der Waals surface area (Å²) in [5.41, 5.74) is 8.46. The molecule has 0 amide bonds. The number of rotatable bonds is 2. The van der Waals surface area contributed by atoms with E-state index in [1.54, 1.807) is 0 Å². The molecule has 1 heterocycles. The number of nitrogens with zero attached hydrogens (tertiary/aromatic N) is 2. The zero-order chi connectivity index (χ0) is 11.4. The molecule has 1 fully saturated rings. The second kappa shape index (κ2) is 4.97. The van der Waals surface area contributed by atoms with Crippen LogP contribution in [0.3, 0.4) is 0 Å². The highest BCUT2D eigenvalue weighted by molar-refractivity contribution is 5.61. The average molecular weight is 216 g/mol. The van der Waals surface area contributed by atoms with Crippen LogP contribution < -0.4 is 16.0 Å². The molecule has 1 saturated heterocycles. The number of hydrogen-bond donors (Lipinski definition) is 2.